The summed E-state index contributed by atoms with van der Waals surface area (Å²) in [5.74, 6) is -1.04. The van der Waals surface area contributed by atoms with Crippen molar-refractivity contribution in [1.29, 1.82) is 0 Å². The summed E-state index contributed by atoms with van der Waals surface area (Å²) in [6.45, 7) is 2.67. The lowest BCUT2D eigenvalue weighted by atomic mass is 10.2. The van der Waals surface area contributed by atoms with Crippen LogP contribution < -0.4 is 15.8 Å². The Hall–Kier alpha value is -2.31. The second-order valence-corrected chi connectivity index (χ2v) is 6.42. The molecule has 0 bridgehead atoms. The van der Waals surface area contributed by atoms with E-state index in [2.05, 4.69) is 10.2 Å². The maximum atomic E-state index is 12.0. The van der Waals surface area contributed by atoms with Gasteiger partial charge in [0.1, 0.15) is 0 Å². The van der Waals surface area contributed by atoms with E-state index in [4.69, 9.17) is 5.11 Å². The summed E-state index contributed by atoms with van der Waals surface area (Å²) in [6, 6.07) is 3.42. The molecule has 1 aliphatic rings. The number of carbonyl (C=O) groups excluding carboxylic acids is 1. The zero-order valence-corrected chi connectivity index (χ0v) is 14.6. The fourth-order valence-corrected chi connectivity index (χ4v) is 2.99. The Balaban J connectivity index is 1.86. The zero-order valence-electron chi connectivity index (χ0n) is 14.6. The Bertz CT molecular complexity index is 633. The van der Waals surface area contributed by atoms with Crippen LogP contribution in [0.1, 0.15) is 44.9 Å². The molecule has 0 unspecified atom stereocenters. The smallest absolute Gasteiger partial charge is 0.303 e. The third kappa shape index (κ3) is 6.60. The average Bonchev–Trinajstić information content (AvgIpc) is 2.87. The minimum absolute atomic E-state index is 0.0393. The predicted octanol–water partition coefficient (Wildman–Crippen LogP) is 1.60. The molecule has 2 heterocycles. The number of nitrogens with one attached hydrogen (secondary N) is 1. The number of hydrogen-bond acceptors (Lipinski definition) is 4. The quantitative estimate of drug-likeness (QED) is 0.696. The lowest BCUT2D eigenvalue weighted by molar-refractivity contribution is -0.137. The van der Waals surface area contributed by atoms with Crippen molar-refractivity contribution in [2.45, 2.75) is 51.5 Å². The van der Waals surface area contributed by atoms with Gasteiger partial charge in [-0.25, -0.2) is 0 Å². The molecule has 138 valence electrons. The van der Waals surface area contributed by atoms with Gasteiger partial charge in [0.05, 0.1) is 5.69 Å². The van der Waals surface area contributed by atoms with Gasteiger partial charge in [-0.3, -0.25) is 14.4 Å². The van der Waals surface area contributed by atoms with Gasteiger partial charge in [0.2, 0.25) is 5.91 Å². The number of aliphatic carboxylic acids is 1. The highest BCUT2D eigenvalue weighted by Gasteiger charge is 2.11. The molecular weight excluding hydrogens is 322 g/mol. The third-order valence-electron chi connectivity index (χ3n) is 4.41. The normalized spacial score (nSPS) is 14.8. The van der Waals surface area contributed by atoms with Gasteiger partial charge in [0.15, 0.2) is 0 Å². The maximum absolute atomic E-state index is 12.0. The average molecular weight is 349 g/mol. The molecule has 1 saturated heterocycles. The van der Waals surface area contributed by atoms with E-state index in [1.165, 1.54) is 12.8 Å². The molecule has 0 saturated carbocycles. The Kier molecular flexibility index (Phi) is 7.50. The first-order chi connectivity index (χ1) is 12.1. The number of aryl methyl sites for hydroxylation is 1. The van der Waals surface area contributed by atoms with Crippen LogP contribution in [0.2, 0.25) is 0 Å². The molecule has 7 nitrogen and oxygen atoms in total. The molecule has 1 fully saturated rings. The number of anilines is 1. The monoisotopic (exact) mass is 349 g/mol. The number of hydrogen-bond donors (Lipinski definition) is 2. The van der Waals surface area contributed by atoms with Gasteiger partial charge in [-0.2, -0.15) is 0 Å². The molecule has 0 spiro atoms. The molecule has 7 heteroatoms. The van der Waals surface area contributed by atoms with E-state index in [-0.39, 0.29) is 24.3 Å². The van der Waals surface area contributed by atoms with Gasteiger partial charge in [-0.05, 0) is 25.3 Å². The van der Waals surface area contributed by atoms with Crippen LogP contribution in [0.25, 0.3) is 0 Å². The van der Waals surface area contributed by atoms with E-state index in [1.807, 2.05) is 12.3 Å². The first-order valence-corrected chi connectivity index (χ1v) is 9.00. The Labute approximate surface area is 147 Å². The molecule has 1 aromatic rings. The molecule has 25 heavy (non-hydrogen) atoms. The largest absolute Gasteiger partial charge is 0.481 e. The summed E-state index contributed by atoms with van der Waals surface area (Å²) < 4.78 is 1.58. The number of rotatable bonds is 8. The lowest BCUT2D eigenvalue weighted by Gasteiger charge is -2.23. The number of carboxylic acids is 1. The molecule has 0 aliphatic carbocycles. The van der Waals surface area contributed by atoms with E-state index in [1.54, 1.807) is 10.6 Å². The molecule has 1 aromatic heterocycles. The minimum Gasteiger partial charge on any atom is -0.481 e. The van der Waals surface area contributed by atoms with Crippen LogP contribution in [-0.4, -0.2) is 41.2 Å². The SMILES string of the molecule is O=C(O)CCCNC(=O)CCn1cc(N2CCCCCC2)ccc1=O. The Morgan fingerprint density at radius 3 is 2.48 bits per heavy atom. The van der Waals surface area contributed by atoms with Crippen LogP contribution in [0.15, 0.2) is 23.1 Å². The van der Waals surface area contributed by atoms with Crippen molar-refractivity contribution < 1.29 is 14.7 Å². The standard InChI is InChI=1S/C18H27N3O4/c22-16(19-10-5-6-18(24)25)9-13-21-14-15(7-8-17(21)23)20-11-3-1-2-4-12-20/h7-8,14H,1-6,9-13H2,(H,19,22)(H,24,25). The molecule has 2 N–H and O–H groups in total. The van der Waals surface area contributed by atoms with Crippen molar-refractivity contribution in [3.05, 3.63) is 28.7 Å². The van der Waals surface area contributed by atoms with Gasteiger partial charge in [0.25, 0.3) is 5.56 Å². The van der Waals surface area contributed by atoms with Crippen LogP contribution in [0.3, 0.4) is 0 Å². The highest BCUT2D eigenvalue weighted by atomic mass is 16.4. The van der Waals surface area contributed by atoms with Crippen LogP contribution in [0.5, 0.6) is 0 Å². The predicted molar refractivity (Wildman–Crippen MR) is 95.9 cm³/mol. The van der Waals surface area contributed by atoms with Crippen LogP contribution in [0.4, 0.5) is 5.69 Å². The summed E-state index contributed by atoms with van der Waals surface area (Å²) >= 11 is 0. The highest BCUT2D eigenvalue weighted by Crippen LogP contribution is 2.18. The Morgan fingerprint density at radius 2 is 1.80 bits per heavy atom. The van der Waals surface area contributed by atoms with E-state index in [0.29, 0.717) is 19.5 Å². The number of carbonyl (C=O) groups is 2. The fourth-order valence-electron chi connectivity index (χ4n) is 2.99. The van der Waals surface area contributed by atoms with Crippen LogP contribution in [0, 0.1) is 0 Å². The van der Waals surface area contributed by atoms with Crippen molar-refractivity contribution >= 4 is 17.6 Å². The third-order valence-corrected chi connectivity index (χ3v) is 4.41. The maximum Gasteiger partial charge on any atom is 0.303 e. The summed E-state index contributed by atoms with van der Waals surface area (Å²) in [4.78, 5) is 36.6. The van der Waals surface area contributed by atoms with Crippen LogP contribution >= 0.6 is 0 Å². The molecule has 0 radical (unpaired) electrons. The van der Waals surface area contributed by atoms with E-state index in [0.717, 1.165) is 31.6 Å². The van der Waals surface area contributed by atoms with Crippen molar-refractivity contribution in [3.8, 4) is 0 Å². The summed E-state index contributed by atoms with van der Waals surface area (Å²) in [7, 11) is 0. The van der Waals surface area contributed by atoms with E-state index < -0.39 is 5.97 Å². The topological polar surface area (TPSA) is 91.6 Å². The second kappa shape index (κ2) is 9.86. The van der Waals surface area contributed by atoms with E-state index >= 15 is 0 Å². The molecule has 1 aliphatic heterocycles. The number of amides is 1. The molecular formula is C18H27N3O4. The number of nitrogens with zero attached hydrogens (tertiary/aromatic N) is 2. The molecule has 0 atom stereocenters. The van der Waals surface area contributed by atoms with Gasteiger partial charge in [0, 0.05) is 51.3 Å². The van der Waals surface area contributed by atoms with Gasteiger partial charge in [-0.1, -0.05) is 12.8 Å². The zero-order chi connectivity index (χ0) is 18.1. The van der Waals surface area contributed by atoms with E-state index in [9.17, 15) is 14.4 Å². The highest BCUT2D eigenvalue weighted by molar-refractivity contribution is 5.75. The molecule has 2 rings (SSSR count). The van der Waals surface area contributed by atoms with Gasteiger partial charge >= 0.3 is 5.97 Å². The van der Waals surface area contributed by atoms with Gasteiger partial charge in [-0.15, -0.1) is 0 Å². The fraction of sp³-hybridized carbons (Fsp3) is 0.611. The molecule has 0 aromatic carbocycles. The first-order valence-electron chi connectivity index (χ1n) is 9.00. The first kappa shape index (κ1) is 19.0. The summed E-state index contributed by atoms with van der Waals surface area (Å²) in [5.41, 5.74) is 0.917. The lowest BCUT2D eigenvalue weighted by Crippen LogP contribution is -2.29. The van der Waals surface area contributed by atoms with Crippen molar-refractivity contribution in [2.24, 2.45) is 0 Å². The Morgan fingerprint density at radius 1 is 1.08 bits per heavy atom. The van der Waals surface area contributed by atoms with Crippen molar-refractivity contribution in [3.63, 3.8) is 0 Å². The van der Waals surface area contributed by atoms with Crippen molar-refractivity contribution in [1.82, 2.24) is 9.88 Å². The summed E-state index contributed by atoms with van der Waals surface area (Å²) in [5, 5.41) is 11.2. The van der Waals surface area contributed by atoms with Crippen LogP contribution in [-0.2, 0) is 16.1 Å². The number of aromatic nitrogens is 1. The molecule has 1 amide bonds. The number of pyridine rings is 1. The van der Waals surface area contributed by atoms with Crippen molar-refractivity contribution in [2.75, 3.05) is 24.5 Å². The minimum atomic E-state index is -0.869. The second-order valence-electron chi connectivity index (χ2n) is 6.42. The van der Waals surface area contributed by atoms with Gasteiger partial charge < -0.3 is 19.9 Å². The summed E-state index contributed by atoms with van der Waals surface area (Å²) in [6.07, 6.45) is 7.32. The number of carboxylic acid groups (broad SMARTS) is 1.